The van der Waals surface area contributed by atoms with E-state index >= 15 is 0 Å². The van der Waals surface area contributed by atoms with Crippen molar-refractivity contribution in [2.75, 3.05) is 27.7 Å². The molecule has 2 aromatic rings. The van der Waals surface area contributed by atoms with Crippen LogP contribution >= 0.6 is 0 Å². The molecule has 0 heterocycles. The number of guanidine groups is 1. The van der Waals surface area contributed by atoms with E-state index in [9.17, 15) is 12.8 Å². The molecule has 7 nitrogen and oxygen atoms in total. The van der Waals surface area contributed by atoms with Gasteiger partial charge in [0.1, 0.15) is 17.7 Å². The highest BCUT2D eigenvalue weighted by Gasteiger charge is 2.16. The fourth-order valence-corrected chi connectivity index (χ4v) is 3.33. The molecule has 0 aromatic heterocycles. The van der Waals surface area contributed by atoms with Crippen molar-refractivity contribution in [2.24, 2.45) is 4.99 Å². The van der Waals surface area contributed by atoms with Gasteiger partial charge in [0.05, 0.1) is 11.4 Å². The number of sulfonamides is 1. The summed E-state index contributed by atoms with van der Waals surface area (Å²) in [6, 6.07) is 12.6. The minimum absolute atomic E-state index is 0.158. The molecule has 0 radical (unpaired) electrons. The van der Waals surface area contributed by atoms with Gasteiger partial charge in [0.2, 0.25) is 10.0 Å². The van der Waals surface area contributed by atoms with Gasteiger partial charge in [-0.3, -0.25) is 4.99 Å². The van der Waals surface area contributed by atoms with Crippen LogP contribution in [0.25, 0.3) is 0 Å². The third kappa shape index (κ3) is 6.72. The molecule has 158 valence electrons. The smallest absolute Gasteiger partial charge is 0.242 e. The third-order valence-electron chi connectivity index (χ3n) is 4.09. The van der Waals surface area contributed by atoms with Crippen LogP contribution in [-0.2, 0) is 16.6 Å². The maximum Gasteiger partial charge on any atom is 0.242 e. The van der Waals surface area contributed by atoms with E-state index in [1.807, 2.05) is 6.92 Å². The summed E-state index contributed by atoms with van der Waals surface area (Å²) in [6.07, 6.45) is -0.158. The van der Waals surface area contributed by atoms with Crippen LogP contribution in [0.15, 0.2) is 58.4 Å². The first kappa shape index (κ1) is 22.6. The first-order valence-electron chi connectivity index (χ1n) is 9.10. The Kier molecular flexibility index (Phi) is 7.98. The van der Waals surface area contributed by atoms with E-state index in [0.717, 1.165) is 5.56 Å². The molecule has 0 saturated carbocycles. The Morgan fingerprint density at radius 3 is 2.28 bits per heavy atom. The third-order valence-corrected chi connectivity index (χ3v) is 5.92. The predicted molar refractivity (Wildman–Crippen MR) is 112 cm³/mol. The molecule has 0 saturated heterocycles. The number of hydrogen-bond acceptors (Lipinski definition) is 4. The first-order valence-corrected chi connectivity index (χ1v) is 10.5. The lowest BCUT2D eigenvalue weighted by molar-refractivity contribution is 0.223. The number of halogens is 1. The highest BCUT2D eigenvalue weighted by atomic mass is 32.2. The molecule has 29 heavy (non-hydrogen) atoms. The quantitative estimate of drug-likeness (QED) is 0.503. The number of nitrogens with one attached hydrogen (secondary N) is 2. The molecule has 0 aliphatic carbocycles. The van der Waals surface area contributed by atoms with E-state index in [0.29, 0.717) is 24.8 Å². The summed E-state index contributed by atoms with van der Waals surface area (Å²) < 4.78 is 44.0. The topological polar surface area (TPSA) is 83.0 Å². The van der Waals surface area contributed by atoms with Crippen LogP contribution in [-0.4, -0.2) is 52.5 Å². The number of ether oxygens (including phenoxy) is 1. The van der Waals surface area contributed by atoms with Crippen molar-refractivity contribution in [2.45, 2.75) is 24.5 Å². The zero-order valence-electron chi connectivity index (χ0n) is 17.0. The van der Waals surface area contributed by atoms with Crippen molar-refractivity contribution in [3.63, 3.8) is 0 Å². The Morgan fingerprint density at radius 1 is 1.10 bits per heavy atom. The number of hydrogen-bond donors (Lipinski definition) is 2. The Bertz CT molecular complexity index is 914. The van der Waals surface area contributed by atoms with Gasteiger partial charge in [0, 0.05) is 27.7 Å². The molecule has 0 amide bonds. The van der Waals surface area contributed by atoms with Crippen molar-refractivity contribution in [3.05, 3.63) is 59.9 Å². The minimum Gasteiger partial charge on any atom is -0.489 e. The number of benzene rings is 2. The lowest BCUT2D eigenvalue weighted by Crippen LogP contribution is -2.41. The van der Waals surface area contributed by atoms with Crippen LogP contribution < -0.4 is 15.4 Å². The molecule has 1 atom stereocenters. The predicted octanol–water partition coefficient (Wildman–Crippen LogP) is 2.21. The second-order valence-corrected chi connectivity index (χ2v) is 8.77. The van der Waals surface area contributed by atoms with Gasteiger partial charge < -0.3 is 15.4 Å². The van der Waals surface area contributed by atoms with E-state index in [1.54, 1.807) is 43.4 Å². The fourth-order valence-electron chi connectivity index (χ4n) is 2.42. The normalized spacial score (nSPS) is 13.2. The Labute approximate surface area is 171 Å². The largest absolute Gasteiger partial charge is 0.489 e. The molecule has 2 aromatic carbocycles. The number of aliphatic imine (C=N–C) groups is 1. The molecule has 9 heteroatoms. The van der Waals surface area contributed by atoms with E-state index in [1.165, 1.54) is 30.5 Å². The van der Waals surface area contributed by atoms with E-state index in [-0.39, 0.29) is 16.8 Å². The van der Waals surface area contributed by atoms with Gasteiger partial charge in [0.25, 0.3) is 0 Å². The van der Waals surface area contributed by atoms with Gasteiger partial charge in [-0.2, -0.15) is 0 Å². The van der Waals surface area contributed by atoms with Gasteiger partial charge in [-0.05, 0) is 48.9 Å². The lowest BCUT2D eigenvalue weighted by Gasteiger charge is -2.18. The van der Waals surface area contributed by atoms with Crippen LogP contribution in [0.3, 0.4) is 0 Å². The Balaban J connectivity index is 1.83. The van der Waals surface area contributed by atoms with Crippen molar-refractivity contribution in [3.8, 4) is 5.75 Å². The molecule has 0 fully saturated rings. The van der Waals surface area contributed by atoms with Crippen LogP contribution in [0.4, 0.5) is 4.39 Å². The monoisotopic (exact) mass is 422 g/mol. The molecule has 1 unspecified atom stereocenters. The van der Waals surface area contributed by atoms with Gasteiger partial charge >= 0.3 is 0 Å². The van der Waals surface area contributed by atoms with Crippen molar-refractivity contribution in [1.82, 2.24) is 14.9 Å². The molecule has 0 bridgehead atoms. The van der Waals surface area contributed by atoms with Crippen LogP contribution in [0.1, 0.15) is 12.5 Å². The zero-order valence-corrected chi connectivity index (χ0v) is 17.8. The summed E-state index contributed by atoms with van der Waals surface area (Å²) in [4.78, 5) is 4.41. The average molecular weight is 423 g/mol. The summed E-state index contributed by atoms with van der Waals surface area (Å²) in [5.74, 6) is 0.876. The van der Waals surface area contributed by atoms with Gasteiger partial charge in [0.15, 0.2) is 5.96 Å². The summed E-state index contributed by atoms with van der Waals surface area (Å²) >= 11 is 0. The standard InChI is InChI=1S/C20H27FN4O3S/c1-15(28-18-9-7-17(21)8-10-18)13-23-20(22-2)24-14-16-5-11-19(12-6-16)29(26,27)25(3)4/h5-12,15H,13-14H2,1-4H3,(H2,22,23,24). The summed E-state index contributed by atoms with van der Waals surface area (Å²) in [7, 11) is 1.23. The second-order valence-electron chi connectivity index (χ2n) is 6.62. The van der Waals surface area contributed by atoms with E-state index < -0.39 is 10.0 Å². The molecular formula is C20H27FN4O3S. The maximum absolute atomic E-state index is 12.9. The zero-order chi connectivity index (χ0) is 21.4. The SMILES string of the molecule is CN=C(NCc1ccc(S(=O)(=O)N(C)C)cc1)NCC(C)Oc1ccc(F)cc1. The second kappa shape index (κ2) is 10.2. The minimum atomic E-state index is -3.43. The van der Waals surface area contributed by atoms with Crippen LogP contribution in [0.5, 0.6) is 5.75 Å². The highest BCUT2D eigenvalue weighted by molar-refractivity contribution is 7.89. The van der Waals surface area contributed by atoms with E-state index in [4.69, 9.17) is 4.74 Å². The lowest BCUT2D eigenvalue weighted by atomic mass is 10.2. The van der Waals surface area contributed by atoms with Crippen LogP contribution in [0.2, 0.25) is 0 Å². The fraction of sp³-hybridized carbons (Fsp3) is 0.350. The van der Waals surface area contributed by atoms with E-state index in [2.05, 4.69) is 15.6 Å². The van der Waals surface area contributed by atoms with Crippen molar-refractivity contribution >= 4 is 16.0 Å². The molecule has 2 N–H and O–H groups in total. The van der Waals surface area contributed by atoms with Gasteiger partial charge in [-0.1, -0.05) is 12.1 Å². The Morgan fingerprint density at radius 2 is 1.72 bits per heavy atom. The highest BCUT2D eigenvalue weighted by Crippen LogP contribution is 2.14. The molecule has 0 aliphatic rings. The average Bonchev–Trinajstić information content (AvgIpc) is 2.70. The van der Waals surface area contributed by atoms with Gasteiger partial charge in [-0.25, -0.2) is 17.1 Å². The van der Waals surface area contributed by atoms with Crippen molar-refractivity contribution in [1.29, 1.82) is 0 Å². The maximum atomic E-state index is 12.9. The summed E-state index contributed by atoms with van der Waals surface area (Å²) in [5, 5.41) is 6.33. The van der Waals surface area contributed by atoms with Crippen LogP contribution in [0, 0.1) is 5.82 Å². The Hall–Kier alpha value is -2.65. The molecule has 0 spiro atoms. The van der Waals surface area contributed by atoms with Gasteiger partial charge in [-0.15, -0.1) is 0 Å². The molecular weight excluding hydrogens is 395 g/mol. The van der Waals surface area contributed by atoms with Crippen molar-refractivity contribution < 1.29 is 17.5 Å². The summed E-state index contributed by atoms with van der Waals surface area (Å²) in [5.41, 5.74) is 0.918. The first-order chi connectivity index (χ1) is 13.7. The molecule has 2 rings (SSSR count). The summed E-state index contributed by atoms with van der Waals surface area (Å²) in [6.45, 7) is 2.87. The number of rotatable bonds is 8. The molecule has 0 aliphatic heterocycles. The number of nitrogens with zero attached hydrogens (tertiary/aromatic N) is 2.